The number of piperazine rings is 1. The Balaban J connectivity index is 1.34. The normalized spacial score (nSPS) is 21.6. The van der Waals surface area contributed by atoms with E-state index in [1.54, 1.807) is 14.2 Å². The van der Waals surface area contributed by atoms with Crippen LogP contribution in [0.2, 0.25) is 0 Å². The fourth-order valence-corrected chi connectivity index (χ4v) is 4.06. The Hall–Kier alpha value is -1.46. The molecule has 140 valence electrons. The van der Waals surface area contributed by atoms with Gasteiger partial charge in [0.1, 0.15) is 0 Å². The van der Waals surface area contributed by atoms with Gasteiger partial charge in [0, 0.05) is 44.0 Å². The van der Waals surface area contributed by atoms with Crippen LogP contribution in [0.25, 0.3) is 0 Å². The number of nitrogens with zero attached hydrogens (tertiary/aromatic N) is 2. The Kier molecular flexibility index (Phi) is 6.82. The molecule has 2 fully saturated rings. The minimum atomic E-state index is 0.773. The third-order valence-electron chi connectivity index (χ3n) is 5.54. The van der Waals surface area contributed by atoms with E-state index in [2.05, 4.69) is 15.1 Å². The number of benzene rings is 1. The summed E-state index contributed by atoms with van der Waals surface area (Å²) >= 11 is 0. The van der Waals surface area contributed by atoms with Crippen molar-refractivity contribution in [3.8, 4) is 11.5 Å². The zero-order valence-electron chi connectivity index (χ0n) is 15.8. The predicted octanol–water partition coefficient (Wildman–Crippen LogP) is 3.07. The van der Waals surface area contributed by atoms with E-state index >= 15 is 0 Å². The summed E-state index contributed by atoms with van der Waals surface area (Å²) in [5.41, 5.74) is 1.09. The van der Waals surface area contributed by atoms with Gasteiger partial charge in [0.25, 0.3) is 0 Å². The van der Waals surface area contributed by atoms with Crippen LogP contribution < -0.4 is 14.8 Å². The van der Waals surface area contributed by atoms with E-state index < -0.39 is 0 Å². The van der Waals surface area contributed by atoms with Crippen molar-refractivity contribution in [1.29, 1.82) is 0 Å². The second kappa shape index (κ2) is 9.30. The van der Waals surface area contributed by atoms with Gasteiger partial charge in [0.2, 0.25) is 0 Å². The summed E-state index contributed by atoms with van der Waals surface area (Å²) in [6, 6.07) is 6.82. The second-order valence-electron chi connectivity index (χ2n) is 7.19. The highest BCUT2D eigenvalue weighted by molar-refractivity contribution is 5.54. The zero-order valence-corrected chi connectivity index (χ0v) is 15.8. The Morgan fingerprint density at radius 2 is 1.92 bits per heavy atom. The Labute approximate surface area is 152 Å². The van der Waals surface area contributed by atoms with Crippen molar-refractivity contribution in [3.63, 3.8) is 0 Å². The molecule has 1 N–H and O–H groups in total. The van der Waals surface area contributed by atoms with Crippen molar-refractivity contribution in [2.75, 3.05) is 58.8 Å². The monoisotopic (exact) mass is 347 g/mol. The SMILES string of the molecule is COc1ccc(NCCCCN2CCN3CCCCC3C2)cc1OC. The van der Waals surface area contributed by atoms with Gasteiger partial charge in [-0.1, -0.05) is 6.42 Å². The van der Waals surface area contributed by atoms with Crippen molar-refractivity contribution in [1.82, 2.24) is 9.80 Å². The molecule has 0 aromatic heterocycles. The summed E-state index contributed by atoms with van der Waals surface area (Å²) in [6.07, 6.45) is 6.67. The van der Waals surface area contributed by atoms with Gasteiger partial charge in [-0.2, -0.15) is 0 Å². The van der Waals surface area contributed by atoms with Crippen molar-refractivity contribution in [3.05, 3.63) is 18.2 Å². The Morgan fingerprint density at radius 3 is 2.76 bits per heavy atom. The maximum absolute atomic E-state index is 5.35. The zero-order chi connectivity index (χ0) is 17.5. The molecule has 3 rings (SSSR count). The molecule has 5 heteroatoms. The molecule has 2 aliphatic rings. The summed E-state index contributed by atoms with van der Waals surface area (Å²) in [6.45, 7) is 7.36. The first-order valence-corrected chi connectivity index (χ1v) is 9.72. The van der Waals surface area contributed by atoms with Gasteiger partial charge < -0.3 is 19.7 Å². The molecule has 0 amide bonds. The topological polar surface area (TPSA) is 37.0 Å². The number of hydrogen-bond donors (Lipinski definition) is 1. The van der Waals surface area contributed by atoms with Crippen LogP contribution in [0.1, 0.15) is 32.1 Å². The molecular formula is C20H33N3O2. The maximum atomic E-state index is 5.35. The van der Waals surface area contributed by atoms with Crippen LogP contribution in [-0.4, -0.2) is 69.3 Å². The van der Waals surface area contributed by atoms with Crippen LogP contribution in [0.3, 0.4) is 0 Å². The Bertz CT molecular complexity index is 538. The molecule has 5 nitrogen and oxygen atoms in total. The van der Waals surface area contributed by atoms with Crippen LogP contribution in [0.15, 0.2) is 18.2 Å². The lowest BCUT2D eigenvalue weighted by Crippen LogP contribution is -2.54. The molecule has 1 aromatic carbocycles. The molecule has 25 heavy (non-hydrogen) atoms. The summed E-state index contributed by atoms with van der Waals surface area (Å²) in [5.74, 6) is 1.55. The van der Waals surface area contributed by atoms with E-state index in [1.165, 1.54) is 64.8 Å². The van der Waals surface area contributed by atoms with Gasteiger partial charge in [0.05, 0.1) is 14.2 Å². The average Bonchev–Trinajstić information content (AvgIpc) is 2.67. The van der Waals surface area contributed by atoms with Crippen molar-refractivity contribution >= 4 is 5.69 Å². The highest BCUT2D eigenvalue weighted by atomic mass is 16.5. The summed E-state index contributed by atoms with van der Waals surface area (Å²) in [7, 11) is 3.34. The lowest BCUT2D eigenvalue weighted by atomic mass is 9.99. The highest BCUT2D eigenvalue weighted by Gasteiger charge is 2.28. The quantitative estimate of drug-likeness (QED) is 0.732. The summed E-state index contributed by atoms with van der Waals surface area (Å²) in [5, 5.41) is 3.49. The second-order valence-corrected chi connectivity index (χ2v) is 7.19. The molecule has 1 aromatic rings. The minimum Gasteiger partial charge on any atom is -0.493 e. The molecule has 1 atom stereocenters. The molecule has 0 radical (unpaired) electrons. The van der Waals surface area contributed by atoms with E-state index in [-0.39, 0.29) is 0 Å². The standard InChI is InChI=1S/C20H33N3O2/c1-24-19-9-8-17(15-20(19)25-2)21-10-4-6-11-22-13-14-23-12-5-3-7-18(23)16-22/h8-9,15,18,21H,3-7,10-14,16H2,1-2H3. The van der Waals surface area contributed by atoms with E-state index in [9.17, 15) is 0 Å². The number of anilines is 1. The van der Waals surface area contributed by atoms with Gasteiger partial charge in [-0.25, -0.2) is 0 Å². The number of methoxy groups -OCH3 is 2. The minimum absolute atomic E-state index is 0.773. The number of ether oxygens (including phenoxy) is 2. The number of rotatable bonds is 8. The summed E-state index contributed by atoms with van der Waals surface area (Å²) < 4.78 is 10.6. The smallest absolute Gasteiger partial charge is 0.162 e. The molecular weight excluding hydrogens is 314 g/mol. The van der Waals surface area contributed by atoms with E-state index in [0.717, 1.165) is 29.8 Å². The summed E-state index contributed by atoms with van der Waals surface area (Å²) in [4.78, 5) is 5.38. The van der Waals surface area contributed by atoms with E-state index in [4.69, 9.17) is 9.47 Å². The van der Waals surface area contributed by atoms with Gasteiger partial charge in [-0.15, -0.1) is 0 Å². The molecule has 1 unspecified atom stereocenters. The number of fused-ring (bicyclic) bond motifs is 1. The first-order valence-electron chi connectivity index (χ1n) is 9.72. The predicted molar refractivity (Wildman–Crippen MR) is 103 cm³/mol. The first kappa shape index (κ1) is 18.3. The van der Waals surface area contributed by atoms with Gasteiger partial charge in [-0.05, 0) is 50.9 Å². The lowest BCUT2D eigenvalue weighted by Gasteiger charge is -2.44. The van der Waals surface area contributed by atoms with Crippen LogP contribution in [0.4, 0.5) is 5.69 Å². The average molecular weight is 348 g/mol. The molecule has 2 saturated heterocycles. The van der Waals surface area contributed by atoms with Gasteiger partial charge >= 0.3 is 0 Å². The van der Waals surface area contributed by atoms with Crippen molar-refractivity contribution in [2.24, 2.45) is 0 Å². The fourth-order valence-electron chi connectivity index (χ4n) is 4.06. The number of unbranched alkanes of at least 4 members (excludes halogenated alkanes) is 1. The van der Waals surface area contributed by atoms with Crippen molar-refractivity contribution in [2.45, 2.75) is 38.1 Å². The van der Waals surface area contributed by atoms with Crippen LogP contribution in [0.5, 0.6) is 11.5 Å². The van der Waals surface area contributed by atoms with Crippen LogP contribution in [-0.2, 0) is 0 Å². The third kappa shape index (κ3) is 5.02. The number of piperidine rings is 1. The van der Waals surface area contributed by atoms with Gasteiger partial charge in [-0.3, -0.25) is 4.90 Å². The van der Waals surface area contributed by atoms with E-state index in [1.807, 2.05) is 18.2 Å². The molecule has 0 bridgehead atoms. The van der Waals surface area contributed by atoms with Crippen molar-refractivity contribution < 1.29 is 9.47 Å². The molecule has 0 spiro atoms. The van der Waals surface area contributed by atoms with Crippen LogP contribution in [0, 0.1) is 0 Å². The van der Waals surface area contributed by atoms with Crippen LogP contribution >= 0.6 is 0 Å². The highest BCUT2D eigenvalue weighted by Crippen LogP contribution is 2.29. The molecule has 0 saturated carbocycles. The fraction of sp³-hybridized carbons (Fsp3) is 0.700. The molecule has 0 aliphatic carbocycles. The third-order valence-corrected chi connectivity index (χ3v) is 5.54. The van der Waals surface area contributed by atoms with Gasteiger partial charge in [0.15, 0.2) is 11.5 Å². The first-order chi connectivity index (χ1) is 12.3. The largest absolute Gasteiger partial charge is 0.493 e. The molecule has 2 heterocycles. The lowest BCUT2D eigenvalue weighted by molar-refractivity contribution is 0.0488. The number of nitrogens with one attached hydrogen (secondary N) is 1. The number of hydrogen-bond acceptors (Lipinski definition) is 5. The van der Waals surface area contributed by atoms with E-state index in [0.29, 0.717) is 0 Å². The maximum Gasteiger partial charge on any atom is 0.162 e. The molecule has 2 aliphatic heterocycles. The Morgan fingerprint density at radius 1 is 1.04 bits per heavy atom.